The zero-order valence-corrected chi connectivity index (χ0v) is 13.7. The number of halogens is 1. The van der Waals surface area contributed by atoms with Crippen LogP contribution in [-0.4, -0.2) is 31.5 Å². The molecule has 0 spiro atoms. The predicted molar refractivity (Wildman–Crippen MR) is 90.4 cm³/mol. The molecule has 0 amide bonds. The Balaban J connectivity index is 1.66. The number of benzene rings is 1. The van der Waals surface area contributed by atoms with Gasteiger partial charge in [0.2, 0.25) is 0 Å². The Labute approximate surface area is 139 Å². The van der Waals surface area contributed by atoms with E-state index in [1.165, 1.54) is 0 Å². The molecule has 3 rings (SSSR count). The highest BCUT2D eigenvalue weighted by molar-refractivity contribution is 6.33. The number of nitrogens with one attached hydrogen (secondary N) is 1. The van der Waals surface area contributed by atoms with Crippen LogP contribution in [0.3, 0.4) is 0 Å². The topological polar surface area (TPSA) is 68.5 Å². The summed E-state index contributed by atoms with van der Waals surface area (Å²) in [5.41, 5.74) is 1.63. The van der Waals surface area contributed by atoms with E-state index >= 15 is 0 Å². The van der Waals surface area contributed by atoms with Gasteiger partial charge in [-0.3, -0.25) is 0 Å². The summed E-state index contributed by atoms with van der Waals surface area (Å²) in [4.78, 5) is 0. The summed E-state index contributed by atoms with van der Waals surface area (Å²) in [6.07, 6.45) is 1.70. The summed E-state index contributed by atoms with van der Waals surface area (Å²) < 4.78 is 1.92. The summed E-state index contributed by atoms with van der Waals surface area (Å²) in [5.74, 6) is 1.86. The zero-order chi connectivity index (χ0) is 16.2. The molecule has 7 heteroatoms. The molecule has 0 aliphatic rings. The van der Waals surface area contributed by atoms with E-state index in [1.807, 2.05) is 48.0 Å². The van der Waals surface area contributed by atoms with Gasteiger partial charge in [0.1, 0.15) is 18.0 Å². The summed E-state index contributed by atoms with van der Waals surface area (Å²) in [6, 6.07) is 11.4. The number of aromatic nitrogens is 5. The third kappa shape index (κ3) is 3.48. The molecule has 0 saturated heterocycles. The second-order valence-electron chi connectivity index (χ2n) is 5.37. The first-order valence-electron chi connectivity index (χ1n) is 7.31. The smallest absolute Gasteiger partial charge is 0.148 e. The molecule has 0 radical (unpaired) electrons. The van der Waals surface area contributed by atoms with Crippen molar-refractivity contribution in [1.82, 2.24) is 25.0 Å². The van der Waals surface area contributed by atoms with E-state index in [4.69, 9.17) is 11.6 Å². The van der Waals surface area contributed by atoms with Crippen molar-refractivity contribution < 1.29 is 0 Å². The molecule has 0 aliphatic heterocycles. The molecule has 0 aliphatic carbocycles. The fourth-order valence-electron chi connectivity index (χ4n) is 2.33. The molecular formula is C16H17ClN6. The molecule has 2 aromatic heterocycles. The van der Waals surface area contributed by atoms with Gasteiger partial charge in [-0.05, 0) is 18.2 Å². The highest BCUT2D eigenvalue weighted by Gasteiger charge is 2.11. The molecule has 0 saturated carbocycles. The van der Waals surface area contributed by atoms with Gasteiger partial charge in [-0.1, -0.05) is 36.7 Å². The van der Waals surface area contributed by atoms with E-state index in [2.05, 4.69) is 32.6 Å². The molecule has 0 fully saturated rings. The maximum atomic E-state index is 6.17. The van der Waals surface area contributed by atoms with E-state index < -0.39 is 0 Å². The van der Waals surface area contributed by atoms with Gasteiger partial charge in [-0.15, -0.1) is 20.4 Å². The Kier molecular flexibility index (Phi) is 4.52. The highest BCUT2D eigenvalue weighted by Crippen LogP contribution is 2.25. The molecule has 3 aromatic rings. The van der Waals surface area contributed by atoms with Gasteiger partial charge in [0.05, 0.1) is 10.7 Å². The highest BCUT2D eigenvalue weighted by atomic mass is 35.5. The third-order valence-corrected chi connectivity index (χ3v) is 3.92. The van der Waals surface area contributed by atoms with Crippen LogP contribution in [0.5, 0.6) is 0 Å². The second kappa shape index (κ2) is 6.75. The van der Waals surface area contributed by atoms with E-state index in [0.717, 1.165) is 22.9 Å². The van der Waals surface area contributed by atoms with Gasteiger partial charge >= 0.3 is 0 Å². The quantitative estimate of drug-likeness (QED) is 0.779. The lowest BCUT2D eigenvalue weighted by atomic mass is 10.1. The first-order valence-corrected chi connectivity index (χ1v) is 7.69. The fourth-order valence-corrected chi connectivity index (χ4v) is 2.56. The van der Waals surface area contributed by atoms with Crippen LogP contribution in [0.25, 0.3) is 11.3 Å². The molecule has 6 nitrogen and oxygen atoms in total. The minimum absolute atomic E-state index is 0.215. The van der Waals surface area contributed by atoms with Crippen molar-refractivity contribution in [3.05, 3.63) is 53.6 Å². The summed E-state index contributed by atoms with van der Waals surface area (Å²) >= 11 is 6.17. The first-order chi connectivity index (χ1) is 11.1. The summed E-state index contributed by atoms with van der Waals surface area (Å²) in [5, 5.41) is 20.4. The Morgan fingerprint density at radius 3 is 2.61 bits per heavy atom. The van der Waals surface area contributed by atoms with Crippen molar-refractivity contribution in [2.45, 2.75) is 12.8 Å². The maximum absolute atomic E-state index is 6.17. The van der Waals surface area contributed by atoms with Gasteiger partial charge in [-0.25, -0.2) is 0 Å². The van der Waals surface area contributed by atoms with E-state index in [9.17, 15) is 0 Å². The second-order valence-corrected chi connectivity index (χ2v) is 5.77. The minimum atomic E-state index is 0.215. The normalized spacial score (nSPS) is 12.1. The van der Waals surface area contributed by atoms with Crippen molar-refractivity contribution >= 4 is 17.4 Å². The minimum Gasteiger partial charge on any atom is -0.368 e. The van der Waals surface area contributed by atoms with Crippen molar-refractivity contribution in [3.63, 3.8) is 0 Å². The van der Waals surface area contributed by atoms with Gasteiger partial charge in [0.15, 0.2) is 0 Å². The predicted octanol–water partition coefficient (Wildman–Crippen LogP) is 3.14. The monoisotopic (exact) mass is 328 g/mol. The largest absolute Gasteiger partial charge is 0.368 e. The molecular weight excluding hydrogens is 312 g/mol. The lowest BCUT2D eigenvalue weighted by Gasteiger charge is -2.12. The SMILES string of the molecule is CC(CNc1ccc(-c2ccccc2Cl)nn1)c1nncn1C. The van der Waals surface area contributed by atoms with Crippen molar-refractivity contribution in [3.8, 4) is 11.3 Å². The lowest BCUT2D eigenvalue weighted by molar-refractivity contribution is 0.680. The van der Waals surface area contributed by atoms with Gasteiger partial charge < -0.3 is 9.88 Å². The Morgan fingerprint density at radius 2 is 1.96 bits per heavy atom. The van der Waals surface area contributed by atoms with Crippen molar-refractivity contribution in [2.24, 2.45) is 7.05 Å². The Bertz CT molecular complexity index is 783. The number of anilines is 1. The number of hydrogen-bond acceptors (Lipinski definition) is 5. The fraction of sp³-hybridized carbons (Fsp3) is 0.250. The number of hydrogen-bond donors (Lipinski definition) is 1. The van der Waals surface area contributed by atoms with Gasteiger partial charge in [0, 0.05) is 25.1 Å². The molecule has 23 heavy (non-hydrogen) atoms. The average molecular weight is 329 g/mol. The lowest BCUT2D eigenvalue weighted by Crippen LogP contribution is -2.14. The molecule has 1 unspecified atom stereocenters. The van der Waals surface area contributed by atoms with Crippen LogP contribution in [0.4, 0.5) is 5.82 Å². The van der Waals surface area contributed by atoms with E-state index in [-0.39, 0.29) is 5.92 Å². The first kappa shape index (κ1) is 15.4. The standard InChI is InChI=1S/C16H17ClN6/c1-11(16-22-19-10-23(16)2)9-18-15-8-7-14(20-21-15)12-5-3-4-6-13(12)17/h3-8,10-11H,9H2,1-2H3,(H,18,21). The Morgan fingerprint density at radius 1 is 1.13 bits per heavy atom. The molecule has 2 heterocycles. The number of aryl methyl sites for hydroxylation is 1. The van der Waals surface area contributed by atoms with Crippen LogP contribution in [-0.2, 0) is 7.05 Å². The van der Waals surface area contributed by atoms with Crippen LogP contribution in [0, 0.1) is 0 Å². The van der Waals surface area contributed by atoms with Crippen LogP contribution < -0.4 is 5.32 Å². The van der Waals surface area contributed by atoms with Crippen LogP contribution in [0.15, 0.2) is 42.7 Å². The molecule has 1 N–H and O–H groups in total. The van der Waals surface area contributed by atoms with Gasteiger partial charge in [-0.2, -0.15) is 0 Å². The van der Waals surface area contributed by atoms with Crippen molar-refractivity contribution in [2.75, 3.05) is 11.9 Å². The number of rotatable bonds is 5. The molecule has 1 aromatic carbocycles. The molecule has 1 atom stereocenters. The Hall–Kier alpha value is -2.47. The van der Waals surface area contributed by atoms with E-state index in [1.54, 1.807) is 6.33 Å². The van der Waals surface area contributed by atoms with Gasteiger partial charge in [0.25, 0.3) is 0 Å². The number of nitrogens with zero attached hydrogens (tertiary/aromatic N) is 5. The molecule has 118 valence electrons. The van der Waals surface area contributed by atoms with E-state index in [0.29, 0.717) is 11.6 Å². The van der Waals surface area contributed by atoms with Crippen LogP contribution in [0.2, 0.25) is 5.02 Å². The van der Waals surface area contributed by atoms with Crippen LogP contribution >= 0.6 is 11.6 Å². The summed E-state index contributed by atoms with van der Waals surface area (Å²) in [7, 11) is 1.93. The zero-order valence-electron chi connectivity index (χ0n) is 12.9. The van der Waals surface area contributed by atoms with Crippen LogP contribution in [0.1, 0.15) is 18.7 Å². The van der Waals surface area contributed by atoms with Crippen molar-refractivity contribution in [1.29, 1.82) is 0 Å². The average Bonchev–Trinajstić information content (AvgIpc) is 3.00. The summed E-state index contributed by atoms with van der Waals surface area (Å²) in [6.45, 7) is 2.79. The maximum Gasteiger partial charge on any atom is 0.148 e. The third-order valence-electron chi connectivity index (χ3n) is 3.59. The molecule has 0 bridgehead atoms.